The first kappa shape index (κ1) is 24.9. The fourth-order valence-electron chi connectivity index (χ4n) is 3.84. The SMILES string of the molecule is CCOc1ccc2nc(-c3cccc(NC(=O)c4cc(C(C)(C)C)cc(C(C)(C)C)c4)c3)sc2c1. The molecule has 4 nitrogen and oxygen atoms in total. The second-order valence-electron chi connectivity index (χ2n) is 10.9. The number of carbonyl (C=O) groups is 1. The molecule has 1 aromatic heterocycles. The van der Waals surface area contributed by atoms with Gasteiger partial charge in [-0.1, -0.05) is 59.7 Å². The predicted molar refractivity (Wildman–Crippen MR) is 148 cm³/mol. The maximum atomic E-state index is 13.3. The van der Waals surface area contributed by atoms with Crippen molar-refractivity contribution in [1.82, 2.24) is 4.98 Å². The molecule has 0 bridgehead atoms. The summed E-state index contributed by atoms with van der Waals surface area (Å²) in [4.78, 5) is 18.1. The van der Waals surface area contributed by atoms with Crippen LogP contribution in [-0.2, 0) is 10.8 Å². The van der Waals surface area contributed by atoms with Crippen molar-refractivity contribution in [3.8, 4) is 16.3 Å². The largest absolute Gasteiger partial charge is 0.494 e. The molecule has 35 heavy (non-hydrogen) atoms. The van der Waals surface area contributed by atoms with Gasteiger partial charge in [0.15, 0.2) is 0 Å². The van der Waals surface area contributed by atoms with Gasteiger partial charge in [0, 0.05) is 16.8 Å². The quantitative estimate of drug-likeness (QED) is 0.309. The van der Waals surface area contributed by atoms with Gasteiger partial charge in [0.05, 0.1) is 16.8 Å². The van der Waals surface area contributed by atoms with Gasteiger partial charge in [0.1, 0.15) is 10.8 Å². The van der Waals surface area contributed by atoms with Crippen molar-refractivity contribution in [2.24, 2.45) is 0 Å². The first-order chi connectivity index (χ1) is 16.4. The van der Waals surface area contributed by atoms with Crippen LogP contribution >= 0.6 is 11.3 Å². The second kappa shape index (κ2) is 9.46. The monoisotopic (exact) mass is 486 g/mol. The number of thiazole rings is 1. The number of fused-ring (bicyclic) bond motifs is 1. The zero-order valence-electron chi connectivity index (χ0n) is 21.7. The lowest BCUT2D eigenvalue weighted by atomic mass is 9.79. The summed E-state index contributed by atoms with van der Waals surface area (Å²) in [6.07, 6.45) is 0. The highest BCUT2D eigenvalue weighted by molar-refractivity contribution is 7.21. The molecule has 3 aromatic carbocycles. The number of hydrogen-bond acceptors (Lipinski definition) is 4. The summed E-state index contributed by atoms with van der Waals surface area (Å²) in [5, 5.41) is 4.01. The molecule has 4 rings (SSSR count). The van der Waals surface area contributed by atoms with E-state index in [4.69, 9.17) is 9.72 Å². The lowest BCUT2D eigenvalue weighted by molar-refractivity contribution is 0.102. The molecule has 0 unspecified atom stereocenters. The highest BCUT2D eigenvalue weighted by Crippen LogP contribution is 2.34. The Morgan fingerprint density at radius 3 is 2.23 bits per heavy atom. The maximum absolute atomic E-state index is 13.3. The van der Waals surface area contributed by atoms with Gasteiger partial charge in [-0.25, -0.2) is 4.98 Å². The first-order valence-electron chi connectivity index (χ1n) is 12.1. The molecule has 0 spiro atoms. The van der Waals surface area contributed by atoms with E-state index in [0.29, 0.717) is 12.2 Å². The number of amides is 1. The zero-order chi connectivity index (χ0) is 25.4. The van der Waals surface area contributed by atoms with Crippen LogP contribution in [0.5, 0.6) is 5.75 Å². The van der Waals surface area contributed by atoms with E-state index >= 15 is 0 Å². The molecule has 0 aliphatic heterocycles. The fraction of sp³-hybridized carbons (Fsp3) is 0.333. The van der Waals surface area contributed by atoms with Crippen molar-refractivity contribution in [3.63, 3.8) is 0 Å². The predicted octanol–water partition coefficient (Wildman–Crippen LogP) is 8.21. The lowest BCUT2D eigenvalue weighted by Crippen LogP contribution is -2.20. The van der Waals surface area contributed by atoms with Gasteiger partial charge in [-0.15, -0.1) is 11.3 Å². The molecule has 4 aromatic rings. The third kappa shape index (κ3) is 5.73. The average molecular weight is 487 g/mol. The molecule has 0 saturated heterocycles. The Labute approximate surface area is 212 Å². The van der Waals surface area contributed by atoms with Crippen molar-refractivity contribution < 1.29 is 9.53 Å². The summed E-state index contributed by atoms with van der Waals surface area (Å²) in [5.41, 5.74) is 5.55. The lowest BCUT2D eigenvalue weighted by Gasteiger charge is -2.26. The first-order valence-corrected chi connectivity index (χ1v) is 12.9. The molecule has 0 aliphatic rings. The van der Waals surface area contributed by atoms with Gasteiger partial charge in [0.25, 0.3) is 5.91 Å². The van der Waals surface area contributed by atoms with Gasteiger partial charge < -0.3 is 10.1 Å². The molecule has 0 atom stereocenters. The molecule has 0 fully saturated rings. The van der Waals surface area contributed by atoms with E-state index in [1.54, 1.807) is 11.3 Å². The molecule has 1 amide bonds. The smallest absolute Gasteiger partial charge is 0.255 e. The normalized spacial score (nSPS) is 12.1. The van der Waals surface area contributed by atoms with Crippen LogP contribution in [0.2, 0.25) is 0 Å². The third-order valence-corrected chi connectivity index (χ3v) is 7.03. The van der Waals surface area contributed by atoms with Crippen molar-refractivity contribution in [2.45, 2.75) is 59.3 Å². The van der Waals surface area contributed by atoms with Crippen LogP contribution in [0.3, 0.4) is 0 Å². The van der Waals surface area contributed by atoms with E-state index in [1.807, 2.05) is 61.5 Å². The standard InChI is InChI=1S/C30H34N2O2S/c1-8-34-24-12-13-25-26(18-24)35-28(32-25)19-10-9-11-23(16-19)31-27(33)20-14-21(29(2,3)4)17-22(15-20)30(5,6)7/h9-18H,8H2,1-7H3,(H,31,33). The van der Waals surface area contributed by atoms with Crippen molar-refractivity contribution in [3.05, 3.63) is 77.4 Å². The number of rotatable bonds is 5. The van der Waals surface area contributed by atoms with Crippen LogP contribution in [0.15, 0.2) is 60.7 Å². The van der Waals surface area contributed by atoms with Crippen LogP contribution in [0.4, 0.5) is 5.69 Å². The molecule has 1 heterocycles. The fourth-order valence-corrected chi connectivity index (χ4v) is 4.83. The number of hydrogen-bond donors (Lipinski definition) is 1. The van der Waals surface area contributed by atoms with Crippen molar-refractivity contribution in [1.29, 1.82) is 0 Å². The molecule has 1 N–H and O–H groups in total. The number of ether oxygens (including phenoxy) is 1. The van der Waals surface area contributed by atoms with Crippen LogP contribution in [0, 0.1) is 0 Å². The number of aromatic nitrogens is 1. The highest BCUT2D eigenvalue weighted by Gasteiger charge is 2.22. The minimum absolute atomic E-state index is 0.0505. The number of benzene rings is 3. The minimum Gasteiger partial charge on any atom is -0.494 e. The Bertz CT molecular complexity index is 1340. The van der Waals surface area contributed by atoms with E-state index in [0.717, 1.165) is 43.4 Å². The van der Waals surface area contributed by atoms with Crippen LogP contribution in [-0.4, -0.2) is 17.5 Å². The summed E-state index contributed by atoms with van der Waals surface area (Å²) in [6.45, 7) is 15.7. The van der Waals surface area contributed by atoms with Crippen LogP contribution < -0.4 is 10.1 Å². The van der Waals surface area contributed by atoms with Crippen molar-refractivity contribution >= 4 is 33.1 Å². The third-order valence-electron chi connectivity index (χ3n) is 5.97. The Balaban J connectivity index is 1.63. The zero-order valence-corrected chi connectivity index (χ0v) is 22.5. The molecular formula is C30H34N2O2S. The molecule has 0 aliphatic carbocycles. The summed E-state index contributed by atoms with van der Waals surface area (Å²) < 4.78 is 6.70. The molecule has 0 radical (unpaired) electrons. The number of nitrogens with one attached hydrogen (secondary N) is 1. The molecule has 5 heteroatoms. The molecule has 0 saturated carbocycles. The van der Waals surface area contributed by atoms with E-state index in [2.05, 4.69) is 52.9 Å². The Morgan fingerprint density at radius 2 is 1.60 bits per heavy atom. The van der Waals surface area contributed by atoms with E-state index in [-0.39, 0.29) is 16.7 Å². The Kier molecular flexibility index (Phi) is 6.74. The topological polar surface area (TPSA) is 51.2 Å². The number of carbonyl (C=O) groups excluding carboxylic acids is 1. The van der Waals surface area contributed by atoms with Gasteiger partial charge in [-0.05, 0) is 71.3 Å². The van der Waals surface area contributed by atoms with E-state index in [1.165, 1.54) is 0 Å². The summed E-state index contributed by atoms with van der Waals surface area (Å²) >= 11 is 1.62. The van der Waals surface area contributed by atoms with E-state index < -0.39 is 0 Å². The van der Waals surface area contributed by atoms with Crippen LogP contribution in [0.25, 0.3) is 20.8 Å². The Morgan fingerprint density at radius 1 is 0.914 bits per heavy atom. The van der Waals surface area contributed by atoms with Gasteiger partial charge in [-0.2, -0.15) is 0 Å². The Hall–Kier alpha value is -3.18. The second-order valence-corrected chi connectivity index (χ2v) is 11.9. The van der Waals surface area contributed by atoms with Gasteiger partial charge in [-0.3, -0.25) is 4.79 Å². The molecule has 182 valence electrons. The minimum atomic E-state index is -0.107. The van der Waals surface area contributed by atoms with Gasteiger partial charge in [0.2, 0.25) is 0 Å². The molecular weight excluding hydrogens is 452 g/mol. The van der Waals surface area contributed by atoms with Gasteiger partial charge >= 0.3 is 0 Å². The number of nitrogens with zero attached hydrogens (tertiary/aromatic N) is 1. The summed E-state index contributed by atoms with van der Waals surface area (Å²) in [6, 6.07) is 20.1. The average Bonchev–Trinajstić information content (AvgIpc) is 3.21. The van der Waals surface area contributed by atoms with Crippen molar-refractivity contribution in [2.75, 3.05) is 11.9 Å². The summed E-state index contributed by atoms with van der Waals surface area (Å²) in [5.74, 6) is 0.743. The maximum Gasteiger partial charge on any atom is 0.255 e. The summed E-state index contributed by atoms with van der Waals surface area (Å²) in [7, 11) is 0. The van der Waals surface area contributed by atoms with E-state index in [9.17, 15) is 4.79 Å². The number of anilines is 1. The highest BCUT2D eigenvalue weighted by atomic mass is 32.1. The van der Waals surface area contributed by atoms with Crippen LogP contribution in [0.1, 0.15) is 70.0 Å².